The lowest BCUT2D eigenvalue weighted by molar-refractivity contribution is -0.141. The molecule has 0 fully saturated rings. The van der Waals surface area contributed by atoms with Crippen LogP contribution in [0.4, 0.5) is 0 Å². The first-order valence-electron chi connectivity index (χ1n) is 6.54. The molecule has 0 saturated heterocycles. The summed E-state index contributed by atoms with van der Waals surface area (Å²) in [6.45, 7) is 1.72. The van der Waals surface area contributed by atoms with Crippen LogP contribution in [0.3, 0.4) is 0 Å². The Hall–Kier alpha value is -2.36. The van der Waals surface area contributed by atoms with Crippen molar-refractivity contribution in [1.29, 1.82) is 0 Å². The predicted molar refractivity (Wildman–Crippen MR) is 77.5 cm³/mol. The van der Waals surface area contributed by atoms with Crippen molar-refractivity contribution in [1.82, 2.24) is 5.32 Å². The number of rotatable bonds is 5. The number of hydrogen-bond donors (Lipinski definition) is 2. The van der Waals surface area contributed by atoms with E-state index in [0.717, 1.165) is 16.3 Å². The number of benzene rings is 2. The molecule has 0 aliphatic rings. The van der Waals surface area contributed by atoms with E-state index in [9.17, 15) is 9.59 Å². The van der Waals surface area contributed by atoms with Crippen LogP contribution in [0.1, 0.15) is 12.5 Å². The van der Waals surface area contributed by atoms with Gasteiger partial charge in [0.15, 0.2) is 0 Å². The van der Waals surface area contributed by atoms with Gasteiger partial charge >= 0.3 is 5.97 Å². The average molecular weight is 271 g/mol. The third-order valence-corrected chi connectivity index (χ3v) is 3.26. The molecule has 2 N–H and O–H groups in total. The number of nitrogens with one attached hydrogen (secondary N) is 1. The Balaban J connectivity index is 2.05. The number of carboxylic acids is 1. The first-order valence-corrected chi connectivity index (χ1v) is 6.54. The third-order valence-electron chi connectivity index (χ3n) is 3.26. The van der Waals surface area contributed by atoms with Crippen molar-refractivity contribution in [3.8, 4) is 0 Å². The summed E-state index contributed by atoms with van der Waals surface area (Å²) < 4.78 is 0. The zero-order valence-electron chi connectivity index (χ0n) is 11.3. The second-order valence-corrected chi connectivity index (χ2v) is 4.86. The summed E-state index contributed by atoms with van der Waals surface area (Å²) in [7, 11) is 0. The van der Waals surface area contributed by atoms with Crippen LogP contribution in [0.25, 0.3) is 10.8 Å². The Bertz CT molecular complexity index is 631. The van der Waals surface area contributed by atoms with E-state index in [4.69, 9.17) is 5.11 Å². The molecule has 1 amide bonds. The Kier molecular flexibility index (Phi) is 4.35. The smallest absolute Gasteiger partial charge is 0.308 e. The monoisotopic (exact) mass is 271 g/mol. The molecule has 0 aliphatic heterocycles. The predicted octanol–water partition coefficient (Wildman–Crippen LogP) is 2.22. The van der Waals surface area contributed by atoms with E-state index in [1.807, 2.05) is 42.5 Å². The van der Waals surface area contributed by atoms with E-state index in [1.165, 1.54) is 0 Å². The lowest BCUT2D eigenvalue weighted by Crippen LogP contribution is -2.32. The van der Waals surface area contributed by atoms with Gasteiger partial charge in [-0.3, -0.25) is 9.59 Å². The Morgan fingerprint density at radius 2 is 1.85 bits per heavy atom. The van der Waals surface area contributed by atoms with Crippen LogP contribution in [-0.4, -0.2) is 23.5 Å². The quantitative estimate of drug-likeness (QED) is 0.876. The third kappa shape index (κ3) is 3.35. The molecule has 0 bridgehead atoms. The maximum Gasteiger partial charge on any atom is 0.308 e. The Morgan fingerprint density at radius 3 is 2.60 bits per heavy atom. The normalized spacial score (nSPS) is 12.1. The van der Waals surface area contributed by atoms with Crippen molar-refractivity contribution in [2.24, 2.45) is 5.92 Å². The number of carbonyl (C=O) groups excluding carboxylic acids is 1. The molecule has 0 aromatic heterocycles. The molecule has 1 atom stereocenters. The number of carboxylic acid groups (broad SMARTS) is 1. The van der Waals surface area contributed by atoms with Crippen LogP contribution >= 0.6 is 0 Å². The zero-order chi connectivity index (χ0) is 14.5. The number of hydrogen-bond acceptors (Lipinski definition) is 2. The highest BCUT2D eigenvalue weighted by molar-refractivity contribution is 5.90. The fourth-order valence-electron chi connectivity index (χ4n) is 2.04. The molecular weight excluding hydrogens is 254 g/mol. The van der Waals surface area contributed by atoms with Crippen LogP contribution < -0.4 is 5.32 Å². The number of fused-ring (bicyclic) bond motifs is 1. The molecule has 104 valence electrons. The Labute approximate surface area is 117 Å². The molecule has 4 nitrogen and oxygen atoms in total. The minimum Gasteiger partial charge on any atom is -0.481 e. The first-order chi connectivity index (χ1) is 9.58. The van der Waals surface area contributed by atoms with E-state index in [0.29, 0.717) is 0 Å². The largest absolute Gasteiger partial charge is 0.481 e. The van der Waals surface area contributed by atoms with Gasteiger partial charge in [-0.15, -0.1) is 0 Å². The highest BCUT2D eigenvalue weighted by atomic mass is 16.4. The summed E-state index contributed by atoms with van der Waals surface area (Å²) in [5, 5.41) is 13.6. The summed E-state index contributed by atoms with van der Waals surface area (Å²) in [5.41, 5.74) is 0.948. The van der Waals surface area contributed by atoms with Crippen LogP contribution in [0.2, 0.25) is 0 Å². The van der Waals surface area contributed by atoms with Crippen LogP contribution in [0.5, 0.6) is 0 Å². The zero-order valence-corrected chi connectivity index (χ0v) is 11.3. The minimum absolute atomic E-state index is 0.152. The number of amides is 1. The van der Waals surface area contributed by atoms with Gasteiger partial charge in [0.2, 0.25) is 5.91 Å². The van der Waals surface area contributed by atoms with Gasteiger partial charge in [-0.1, -0.05) is 49.4 Å². The number of aliphatic carboxylic acids is 1. The maximum atomic E-state index is 11.9. The van der Waals surface area contributed by atoms with E-state index in [1.54, 1.807) is 6.92 Å². The number of carbonyl (C=O) groups is 2. The summed E-state index contributed by atoms with van der Waals surface area (Å²) in [6, 6.07) is 13.7. The van der Waals surface area contributed by atoms with Crippen molar-refractivity contribution in [2.75, 3.05) is 6.54 Å². The molecule has 0 spiro atoms. The van der Waals surface area contributed by atoms with Gasteiger partial charge in [0, 0.05) is 6.54 Å². The van der Waals surface area contributed by atoms with E-state index in [-0.39, 0.29) is 18.9 Å². The summed E-state index contributed by atoms with van der Waals surface area (Å²) in [6.07, 6.45) is 0.258. The fourth-order valence-corrected chi connectivity index (χ4v) is 2.04. The minimum atomic E-state index is -0.907. The SMILES string of the molecule is C[C@H](CNC(=O)Cc1cccc2ccccc12)C(=O)O. The molecule has 2 aromatic carbocycles. The van der Waals surface area contributed by atoms with Crippen molar-refractivity contribution in [2.45, 2.75) is 13.3 Å². The van der Waals surface area contributed by atoms with Crippen LogP contribution in [0, 0.1) is 5.92 Å². The molecule has 20 heavy (non-hydrogen) atoms. The highest BCUT2D eigenvalue weighted by Crippen LogP contribution is 2.18. The molecule has 0 heterocycles. The molecule has 0 aliphatic carbocycles. The van der Waals surface area contributed by atoms with Crippen molar-refractivity contribution < 1.29 is 14.7 Å². The molecule has 0 unspecified atom stereocenters. The lowest BCUT2D eigenvalue weighted by Gasteiger charge is -2.10. The lowest BCUT2D eigenvalue weighted by atomic mass is 10.0. The highest BCUT2D eigenvalue weighted by Gasteiger charge is 2.13. The summed E-state index contributed by atoms with van der Waals surface area (Å²) in [5.74, 6) is -1.64. The second kappa shape index (κ2) is 6.19. The molecule has 0 saturated carbocycles. The standard InChI is InChI=1S/C16H17NO3/c1-11(16(19)20)10-17-15(18)9-13-7-4-6-12-5-2-3-8-14(12)13/h2-8,11H,9-10H2,1H3,(H,17,18)(H,19,20)/t11-/m1/s1. The second-order valence-electron chi connectivity index (χ2n) is 4.86. The average Bonchev–Trinajstić information content (AvgIpc) is 2.45. The van der Waals surface area contributed by atoms with Gasteiger partial charge in [-0.05, 0) is 16.3 Å². The van der Waals surface area contributed by atoms with E-state index < -0.39 is 11.9 Å². The molecule has 2 aromatic rings. The Morgan fingerprint density at radius 1 is 1.15 bits per heavy atom. The van der Waals surface area contributed by atoms with Gasteiger partial charge in [0.25, 0.3) is 0 Å². The van der Waals surface area contributed by atoms with Crippen molar-refractivity contribution in [3.05, 3.63) is 48.0 Å². The van der Waals surface area contributed by atoms with Crippen molar-refractivity contribution in [3.63, 3.8) is 0 Å². The van der Waals surface area contributed by atoms with Gasteiger partial charge < -0.3 is 10.4 Å². The molecule has 4 heteroatoms. The van der Waals surface area contributed by atoms with Crippen LogP contribution in [0.15, 0.2) is 42.5 Å². The van der Waals surface area contributed by atoms with E-state index >= 15 is 0 Å². The van der Waals surface area contributed by atoms with Gasteiger partial charge in [-0.25, -0.2) is 0 Å². The van der Waals surface area contributed by atoms with Crippen molar-refractivity contribution >= 4 is 22.6 Å². The van der Waals surface area contributed by atoms with E-state index in [2.05, 4.69) is 5.32 Å². The molecule has 2 rings (SSSR count). The topological polar surface area (TPSA) is 66.4 Å². The van der Waals surface area contributed by atoms with Gasteiger partial charge in [-0.2, -0.15) is 0 Å². The summed E-state index contributed by atoms with van der Waals surface area (Å²) >= 11 is 0. The summed E-state index contributed by atoms with van der Waals surface area (Å²) in [4.78, 5) is 22.6. The van der Waals surface area contributed by atoms with Gasteiger partial charge in [0.05, 0.1) is 12.3 Å². The first kappa shape index (κ1) is 14.1. The van der Waals surface area contributed by atoms with Gasteiger partial charge in [0.1, 0.15) is 0 Å². The van der Waals surface area contributed by atoms with Crippen LogP contribution in [-0.2, 0) is 16.0 Å². The molecule has 0 radical (unpaired) electrons. The maximum absolute atomic E-state index is 11.9. The fraction of sp³-hybridized carbons (Fsp3) is 0.250. The molecular formula is C16H17NO3.